The molecule has 0 aliphatic carbocycles. The minimum absolute atomic E-state index is 0.200. The van der Waals surface area contributed by atoms with E-state index in [1.54, 1.807) is 5.32 Å². The van der Waals surface area contributed by atoms with Crippen molar-refractivity contribution < 1.29 is 26.7 Å². The molecule has 0 bridgehead atoms. The SMILES string of the molecule is O=C(Nc1ccc(Cl)cc1)Nc1c(F)c(F)c(F)c(F)c1F. The zero-order valence-corrected chi connectivity index (χ0v) is 11.2. The summed E-state index contributed by atoms with van der Waals surface area (Å²) in [5.74, 6) is -10.9. The Morgan fingerprint density at radius 1 is 0.773 bits per heavy atom. The standard InChI is InChI=1S/C13H6ClF5N2O/c14-5-1-3-6(4-2-5)20-13(22)21-12-10(18)8(16)7(15)9(17)11(12)19/h1-4H,(H2,20,21,22). The van der Waals surface area contributed by atoms with Crippen LogP contribution >= 0.6 is 11.6 Å². The lowest BCUT2D eigenvalue weighted by molar-refractivity contribution is 0.261. The van der Waals surface area contributed by atoms with Gasteiger partial charge in [-0.15, -0.1) is 0 Å². The van der Waals surface area contributed by atoms with E-state index >= 15 is 0 Å². The molecule has 0 aliphatic heterocycles. The number of halogens is 6. The molecule has 2 aromatic rings. The van der Waals surface area contributed by atoms with Crippen molar-refractivity contribution >= 4 is 29.0 Å². The molecule has 2 amide bonds. The largest absolute Gasteiger partial charge is 0.323 e. The fourth-order valence-corrected chi connectivity index (χ4v) is 1.65. The van der Waals surface area contributed by atoms with Gasteiger partial charge in [0.1, 0.15) is 5.69 Å². The molecule has 3 nitrogen and oxygen atoms in total. The number of benzene rings is 2. The van der Waals surface area contributed by atoms with Gasteiger partial charge in [-0.1, -0.05) is 11.6 Å². The Balaban J connectivity index is 2.24. The first-order chi connectivity index (χ1) is 10.3. The van der Waals surface area contributed by atoms with Gasteiger partial charge in [-0.2, -0.15) is 0 Å². The summed E-state index contributed by atoms with van der Waals surface area (Å²) >= 11 is 5.62. The summed E-state index contributed by atoms with van der Waals surface area (Å²) < 4.78 is 65.6. The van der Waals surface area contributed by atoms with E-state index in [9.17, 15) is 26.7 Å². The number of carbonyl (C=O) groups excluding carboxylic acids is 1. The Bertz CT molecular complexity index is 707. The van der Waals surface area contributed by atoms with E-state index in [-0.39, 0.29) is 5.69 Å². The highest BCUT2D eigenvalue weighted by atomic mass is 35.5. The molecule has 0 unspecified atom stereocenters. The predicted molar refractivity (Wildman–Crippen MR) is 70.3 cm³/mol. The molecule has 116 valence electrons. The smallest absolute Gasteiger partial charge is 0.308 e. The van der Waals surface area contributed by atoms with E-state index in [2.05, 4.69) is 5.32 Å². The van der Waals surface area contributed by atoms with Crippen molar-refractivity contribution in [2.75, 3.05) is 10.6 Å². The average Bonchev–Trinajstić information content (AvgIpc) is 2.50. The van der Waals surface area contributed by atoms with E-state index in [1.165, 1.54) is 24.3 Å². The first kappa shape index (κ1) is 16.0. The van der Waals surface area contributed by atoms with Gasteiger partial charge in [0.2, 0.25) is 5.82 Å². The Kier molecular flexibility index (Phi) is 4.51. The Morgan fingerprint density at radius 2 is 1.23 bits per heavy atom. The molecule has 2 N–H and O–H groups in total. The predicted octanol–water partition coefficient (Wildman–Crippen LogP) is 4.68. The zero-order valence-electron chi connectivity index (χ0n) is 10.5. The summed E-state index contributed by atoms with van der Waals surface area (Å²) in [4.78, 5) is 11.6. The van der Waals surface area contributed by atoms with Crippen LogP contribution in [-0.2, 0) is 0 Å². The number of urea groups is 1. The summed E-state index contributed by atoms with van der Waals surface area (Å²) in [6.45, 7) is 0. The van der Waals surface area contributed by atoms with Gasteiger partial charge >= 0.3 is 6.03 Å². The number of hydrogen-bond donors (Lipinski definition) is 2. The van der Waals surface area contributed by atoms with E-state index in [1.807, 2.05) is 0 Å². The molecule has 2 aromatic carbocycles. The third-order valence-electron chi connectivity index (χ3n) is 2.55. The first-order valence-electron chi connectivity index (χ1n) is 5.66. The number of amides is 2. The maximum atomic E-state index is 13.4. The lowest BCUT2D eigenvalue weighted by Gasteiger charge is -2.11. The highest BCUT2D eigenvalue weighted by Gasteiger charge is 2.26. The third-order valence-corrected chi connectivity index (χ3v) is 2.80. The van der Waals surface area contributed by atoms with Crippen LogP contribution in [0.1, 0.15) is 0 Å². The van der Waals surface area contributed by atoms with Crippen molar-refractivity contribution in [1.82, 2.24) is 0 Å². The molecule has 0 radical (unpaired) electrons. The Labute approximate surface area is 125 Å². The van der Waals surface area contributed by atoms with Crippen LogP contribution in [0.2, 0.25) is 5.02 Å². The quantitative estimate of drug-likeness (QED) is 0.466. The van der Waals surface area contributed by atoms with Crippen LogP contribution in [0.15, 0.2) is 24.3 Å². The van der Waals surface area contributed by atoms with Crippen LogP contribution in [0.4, 0.5) is 38.1 Å². The minimum Gasteiger partial charge on any atom is -0.308 e. The highest BCUT2D eigenvalue weighted by molar-refractivity contribution is 6.30. The topological polar surface area (TPSA) is 41.1 Å². The van der Waals surface area contributed by atoms with Crippen molar-refractivity contribution in [1.29, 1.82) is 0 Å². The van der Waals surface area contributed by atoms with Gasteiger partial charge in [-0.3, -0.25) is 0 Å². The van der Waals surface area contributed by atoms with Crippen LogP contribution in [0, 0.1) is 29.1 Å². The van der Waals surface area contributed by atoms with Crippen LogP contribution in [0.25, 0.3) is 0 Å². The summed E-state index contributed by atoms with van der Waals surface area (Å²) in [5.41, 5.74) is -1.24. The summed E-state index contributed by atoms with van der Waals surface area (Å²) in [6.07, 6.45) is 0. The number of nitrogens with one attached hydrogen (secondary N) is 2. The Hall–Kier alpha value is -2.35. The molecule has 0 heterocycles. The van der Waals surface area contributed by atoms with Crippen molar-refractivity contribution in [2.24, 2.45) is 0 Å². The second kappa shape index (κ2) is 6.18. The lowest BCUT2D eigenvalue weighted by atomic mass is 10.2. The molecular formula is C13H6ClF5N2O. The molecule has 0 fully saturated rings. The number of anilines is 2. The summed E-state index contributed by atoms with van der Waals surface area (Å²) in [5, 5.41) is 4.10. The van der Waals surface area contributed by atoms with Gasteiger partial charge in [0.15, 0.2) is 23.3 Å². The van der Waals surface area contributed by atoms with Crippen LogP contribution in [-0.4, -0.2) is 6.03 Å². The highest BCUT2D eigenvalue weighted by Crippen LogP contribution is 2.27. The molecule has 22 heavy (non-hydrogen) atoms. The second-order valence-electron chi connectivity index (χ2n) is 4.03. The molecule has 9 heteroatoms. The third kappa shape index (κ3) is 3.11. The van der Waals surface area contributed by atoms with Crippen LogP contribution in [0.3, 0.4) is 0 Å². The maximum absolute atomic E-state index is 13.4. The van der Waals surface area contributed by atoms with Gasteiger partial charge in [-0.25, -0.2) is 26.7 Å². The van der Waals surface area contributed by atoms with E-state index in [0.717, 1.165) is 0 Å². The Morgan fingerprint density at radius 3 is 1.73 bits per heavy atom. The summed E-state index contributed by atoms with van der Waals surface area (Å²) in [6, 6.07) is 4.41. The van der Waals surface area contributed by atoms with E-state index in [4.69, 9.17) is 11.6 Å². The van der Waals surface area contributed by atoms with Gasteiger partial charge < -0.3 is 10.6 Å². The van der Waals surface area contributed by atoms with Crippen molar-refractivity contribution in [3.63, 3.8) is 0 Å². The molecule has 2 rings (SSSR count). The maximum Gasteiger partial charge on any atom is 0.323 e. The second-order valence-corrected chi connectivity index (χ2v) is 4.47. The number of carbonyl (C=O) groups is 1. The van der Waals surface area contributed by atoms with Crippen molar-refractivity contribution in [3.8, 4) is 0 Å². The monoisotopic (exact) mass is 336 g/mol. The van der Waals surface area contributed by atoms with Gasteiger partial charge in [0.05, 0.1) is 0 Å². The van der Waals surface area contributed by atoms with Crippen molar-refractivity contribution in [2.45, 2.75) is 0 Å². The molecule has 0 aliphatic rings. The van der Waals surface area contributed by atoms with Gasteiger partial charge in [0, 0.05) is 10.7 Å². The van der Waals surface area contributed by atoms with E-state index in [0.29, 0.717) is 5.02 Å². The number of rotatable bonds is 2. The molecule has 0 atom stereocenters. The molecule has 0 aromatic heterocycles. The van der Waals surface area contributed by atoms with Gasteiger partial charge in [0.25, 0.3) is 0 Å². The van der Waals surface area contributed by atoms with Crippen LogP contribution < -0.4 is 10.6 Å². The minimum atomic E-state index is -2.31. The van der Waals surface area contributed by atoms with Crippen LogP contribution in [0.5, 0.6) is 0 Å². The number of hydrogen-bond acceptors (Lipinski definition) is 1. The van der Waals surface area contributed by atoms with E-state index < -0.39 is 40.8 Å². The molecule has 0 spiro atoms. The molecular weight excluding hydrogens is 331 g/mol. The first-order valence-corrected chi connectivity index (χ1v) is 6.04. The van der Waals surface area contributed by atoms with Crippen molar-refractivity contribution in [3.05, 3.63) is 58.4 Å². The van der Waals surface area contributed by atoms with Gasteiger partial charge in [-0.05, 0) is 24.3 Å². The summed E-state index contributed by atoms with van der Waals surface area (Å²) in [7, 11) is 0. The lowest BCUT2D eigenvalue weighted by Crippen LogP contribution is -2.22. The average molecular weight is 337 g/mol. The normalized spacial score (nSPS) is 10.5. The fraction of sp³-hybridized carbons (Fsp3) is 0. The molecule has 0 saturated carbocycles. The zero-order chi connectivity index (χ0) is 16.4. The molecule has 0 saturated heterocycles. The fourth-order valence-electron chi connectivity index (χ4n) is 1.52.